The van der Waals surface area contributed by atoms with Crippen LogP contribution in [0.25, 0.3) is 0 Å². The molecule has 1 heterocycles. The third-order valence-corrected chi connectivity index (χ3v) is 5.61. The number of carbonyl (C=O) groups excluding carboxylic acids is 2. The van der Waals surface area contributed by atoms with Crippen LogP contribution in [0.15, 0.2) is 84.9 Å². The number of ether oxygens (including phenoxy) is 2. The number of carbonyl (C=O) groups is 2. The minimum atomic E-state index is -0.297. The van der Waals surface area contributed by atoms with Crippen molar-refractivity contribution in [2.75, 3.05) is 12.0 Å². The van der Waals surface area contributed by atoms with Crippen LogP contribution in [0.4, 0.5) is 5.69 Å². The number of methoxy groups -OCH3 is 1. The van der Waals surface area contributed by atoms with Gasteiger partial charge in [-0.15, -0.1) is 0 Å². The lowest BCUT2D eigenvalue weighted by molar-refractivity contribution is -0.141. The number of β-lactam (4-membered cyclic amide) rings is 1. The van der Waals surface area contributed by atoms with E-state index in [0.717, 1.165) is 22.6 Å². The largest absolute Gasteiger partial charge is 0.489 e. The molecule has 5 heteroatoms. The molecule has 0 radical (unpaired) electrons. The number of nitrogens with zero attached hydrogens (tertiary/aromatic N) is 1. The molecule has 31 heavy (non-hydrogen) atoms. The number of benzene rings is 3. The summed E-state index contributed by atoms with van der Waals surface area (Å²) in [4.78, 5) is 26.4. The Balaban J connectivity index is 1.51. The maximum atomic E-state index is 12.9. The fourth-order valence-electron chi connectivity index (χ4n) is 3.97. The van der Waals surface area contributed by atoms with E-state index < -0.39 is 0 Å². The van der Waals surface area contributed by atoms with Crippen LogP contribution in [-0.4, -0.2) is 19.0 Å². The number of amides is 1. The number of esters is 1. The van der Waals surface area contributed by atoms with Gasteiger partial charge in [0.15, 0.2) is 0 Å². The Morgan fingerprint density at radius 2 is 1.55 bits per heavy atom. The lowest BCUT2D eigenvalue weighted by Crippen LogP contribution is -2.55. The van der Waals surface area contributed by atoms with Crippen molar-refractivity contribution >= 4 is 17.6 Å². The molecule has 0 spiro atoms. The molecule has 3 aromatic carbocycles. The molecule has 1 aliphatic heterocycles. The number of anilines is 1. The normalized spacial score (nSPS) is 17.7. The highest BCUT2D eigenvalue weighted by Crippen LogP contribution is 2.45. The molecule has 0 saturated carbocycles. The van der Waals surface area contributed by atoms with Gasteiger partial charge in [-0.25, -0.2) is 0 Å². The van der Waals surface area contributed by atoms with E-state index in [1.807, 2.05) is 89.8 Å². The van der Waals surface area contributed by atoms with Crippen LogP contribution in [-0.2, 0) is 20.9 Å². The van der Waals surface area contributed by atoms with E-state index >= 15 is 0 Å². The van der Waals surface area contributed by atoms with Crippen LogP contribution in [0.3, 0.4) is 0 Å². The van der Waals surface area contributed by atoms with Gasteiger partial charge in [0.2, 0.25) is 5.91 Å². The molecule has 1 fully saturated rings. The van der Waals surface area contributed by atoms with Gasteiger partial charge < -0.3 is 14.4 Å². The van der Waals surface area contributed by atoms with Gasteiger partial charge in [0.25, 0.3) is 0 Å². The molecule has 0 N–H and O–H groups in total. The minimum Gasteiger partial charge on any atom is -0.489 e. The van der Waals surface area contributed by atoms with E-state index in [4.69, 9.17) is 9.47 Å². The summed E-state index contributed by atoms with van der Waals surface area (Å²) in [6, 6.07) is 27.4. The smallest absolute Gasteiger partial charge is 0.305 e. The summed E-state index contributed by atoms with van der Waals surface area (Å²) in [7, 11) is 1.37. The molecule has 1 saturated heterocycles. The summed E-state index contributed by atoms with van der Waals surface area (Å²) in [5.41, 5.74) is 2.98. The SMILES string of the molecule is COC(=O)CCC1C(=O)N(c2ccccc2)C1c1ccc(OCc2ccccc2)cc1. The van der Waals surface area contributed by atoms with Crippen molar-refractivity contribution in [3.05, 3.63) is 96.1 Å². The molecule has 0 bridgehead atoms. The quantitative estimate of drug-likeness (QED) is 0.387. The van der Waals surface area contributed by atoms with E-state index in [1.54, 1.807) is 0 Å². The van der Waals surface area contributed by atoms with E-state index in [0.29, 0.717) is 13.0 Å². The predicted octanol–water partition coefficient (Wildman–Crippen LogP) is 4.92. The first kappa shape index (κ1) is 20.7. The van der Waals surface area contributed by atoms with Gasteiger partial charge in [-0.05, 0) is 41.8 Å². The summed E-state index contributed by atoms with van der Waals surface area (Å²) in [5, 5.41) is 0. The molecular weight excluding hydrogens is 390 g/mol. The van der Waals surface area contributed by atoms with Gasteiger partial charge in [-0.1, -0.05) is 60.7 Å². The molecule has 3 aromatic rings. The standard InChI is InChI=1S/C26H25NO4/c1-30-24(28)17-16-23-25(27(26(23)29)21-10-6-3-7-11-21)20-12-14-22(15-13-20)31-18-19-8-4-2-5-9-19/h2-15,23,25H,16-18H2,1H3. The van der Waals surface area contributed by atoms with Crippen molar-refractivity contribution in [2.45, 2.75) is 25.5 Å². The molecule has 0 aliphatic carbocycles. The monoisotopic (exact) mass is 415 g/mol. The Morgan fingerprint density at radius 1 is 0.903 bits per heavy atom. The van der Waals surface area contributed by atoms with E-state index in [-0.39, 0.29) is 30.3 Å². The van der Waals surface area contributed by atoms with Gasteiger partial charge >= 0.3 is 5.97 Å². The Labute approximate surface area is 182 Å². The Bertz CT molecular complexity index is 1020. The second-order valence-electron chi connectivity index (χ2n) is 7.55. The molecule has 5 nitrogen and oxygen atoms in total. The van der Waals surface area contributed by atoms with Gasteiger partial charge in [0, 0.05) is 12.1 Å². The summed E-state index contributed by atoms with van der Waals surface area (Å²) < 4.78 is 10.6. The van der Waals surface area contributed by atoms with Crippen molar-refractivity contribution < 1.29 is 19.1 Å². The summed E-state index contributed by atoms with van der Waals surface area (Å²) in [6.07, 6.45) is 0.691. The maximum Gasteiger partial charge on any atom is 0.305 e. The van der Waals surface area contributed by atoms with E-state index in [2.05, 4.69) is 0 Å². The zero-order valence-corrected chi connectivity index (χ0v) is 17.4. The first-order chi connectivity index (χ1) is 15.2. The van der Waals surface area contributed by atoms with Gasteiger partial charge in [0.1, 0.15) is 12.4 Å². The van der Waals surface area contributed by atoms with Crippen molar-refractivity contribution in [2.24, 2.45) is 5.92 Å². The van der Waals surface area contributed by atoms with Gasteiger partial charge in [0.05, 0.1) is 19.1 Å². The van der Waals surface area contributed by atoms with Crippen LogP contribution in [0.5, 0.6) is 5.75 Å². The molecule has 2 atom stereocenters. The van der Waals surface area contributed by atoms with Gasteiger partial charge in [-0.3, -0.25) is 9.59 Å². The highest BCUT2D eigenvalue weighted by atomic mass is 16.5. The number of hydrogen-bond acceptors (Lipinski definition) is 4. The predicted molar refractivity (Wildman–Crippen MR) is 119 cm³/mol. The lowest BCUT2D eigenvalue weighted by Gasteiger charge is -2.47. The molecule has 1 amide bonds. The molecule has 158 valence electrons. The third kappa shape index (κ3) is 4.61. The van der Waals surface area contributed by atoms with Crippen LogP contribution < -0.4 is 9.64 Å². The number of rotatable bonds is 8. The Hall–Kier alpha value is -3.60. The van der Waals surface area contributed by atoms with Crippen LogP contribution in [0.1, 0.15) is 30.0 Å². The first-order valence-corrected chi connectivity index (χ1v) is 10.4. The molecule has 2 unspecified atom stereocenters. The van der Waals surface area contributed by atoms with Crippen molar-refractivity contribution in [1.82, 2.24) is 0 Å². The minimum absolute atomic E-state index is 0.0320. The first-order valence-electron chi connectivity index (χ1n) is 10.4. The number of hydrogen-bond donors (Lipinski definition) is 0. The average Bonchev–Trinajstić information content (AvgIpc) is 2.82. The maximum absolute atomic E-state index is 12.9. The van der Waals surface area contributed by atoms with Crippen LogP contribution >= 0.6 is 0 Å². The number of para-hydroxylation sites is 1. The highest BCUT2D eigenvalue weighted by molar-refractivity contribution is 6.03. The highest BCUT2D eigenvalue weighted by Gasteiger charge is 2.48. The van der Waals surface area contributed by atoms with Crippen LogP contribution in [0.2, 0.25) is 0 Å². The fourth-order valence-corrected chi connectivity index (χ4v) is 3.97. The summed E-state index contributed by atoms with van der Waals surface area (Å²) >= 11 is 0. The van der Waals surface area contributed by atoms with Gasteiger partial charge in [-0.2, -0.15) is 0 Å². The van der Waals surface area contributed by atoms with E-state index in [1.165, 1.54) is 7.11 Å². The van der Waals surface area contributed by atoms with Crippen molar-refractivity contribution in [1.29, 1.82) is 0 Å². The Morgan fingerprint density at radius 3 is 2.19 bits per heavy atom. The zero-order chi connectivity index (χ0) is 21.6. The third-order valence-electron chi connectivity index (χ3n) is 5.61. The van der Waals surface area contributed by atoms with Crippen molar-refractivity contribution in [3.8, 4) is 5.75 Å². The average molecular weight is 415 g/mol. The zero-order valence-electron chi connectivity index (χ0n) is 17.4. The summed E-state index contributed by atoms with van der Waals surface area (Å²) in [5.74, 6) is 0.255. The molecule has 1 aliphatic rings. The Kier molecular flexibility index (Phi) is 6.32. The molecule has 0 aromatic heterocycles. The van der Waals surface area contributed by atoms with Crippen molar-refractivity contribution in [3.63, 3.8) is 0 Å². The fraction of sp³-hybridized carbons (Fsp3) is 0.231. The molecule has 4 rings (SSSR count). The topological polar surface area (TPSA) is 55.8 Å². The van der Waals surface area contributed by atoms with Crippen LogP contribution in [0, 0.1) is 5.92 Å². The van der Waals surface area contributed by atoms with E-state index in [9.17, 15) is 9.59 Å². The molecular formula is C26H25NO4. The summed E-state index contributed by atoms with van der Waals surface area (Å²) in [6.45, 7) is 0.500. The second-order valence-corrected chi connectivity index (χ2v) is 7.55. The lowest BCUT2D eigenvalue weighted by atomic mass is 9.79. The second kappa shape index (κ2) is 9.47.